The van der Waals surface area contributed by atoms with Crippen LogP contribution in [0.2, 0.25) is 0 Å². The third kappa shape index (κ3) is 8.77. The fourth-order valence-corrected chi connectivity index (χ4v) is 4.33. The summed E-state index contributed by atoms with van der Waals surface area (Å²) in [5.74, 6) is -3.12. The van der Waals surface area contributed by atoms with Gasteiger partial charge >= 0.3 is 23.9 Å². The number of nitrogens with zero attached hydrogens (tertiary/aromatic N) is 1. The van der Waals surface area contributed by atoms with Crippen LogP contribution in [0.4, 0.5) is 0 Å². The van der Waals surface area contributed by atoms with Gasteiger partial charge in [0.25, 0.3) is 0 Å². The van der Waals surface area contributed by atoms with Crippen molar-refractivity contribution in [3.63, 3.8) is 0 Å². The number of esters is 4. The molecular weight excluding hydrogens is 514 g/mol. The summed E-state index contributed by atoms with van der Waals surface area (Å²) in [6.45, 7) is 6.19. The third-order valence-corrected chi connectivity index (χ3v) is 5.86. The van der Waals surface area contributed by atoms with E-state index in [-0.39, 0.29) is 30.9 Å². The van der Waals surface area contributed by atoms with E-state index in [0.717, 1.165) is 31.9 Å². The number of rotatable bonds is 8. The fourth-order valence-electron chi connectivity index (χ4n) is 4.33. The quantitative estimate of drug-likeness (QED) is 0.342. The van der Waals surface area contributed by atoms with E-state index in [1.54, 1.807) is 0 Å². The highest BCUT2D eigenvalue weighted by atomic mass is 16.7. The predicted molar refractivity (Wildman–Crippen MR) is 134 cm³/mol. The molecule has 2 saturated heterocycles. The molecule has 0 spiro atoms. The number of guanidine groups is 1. The van der Waals surface area contributed by atoms with Crippen molar-refractivity contribution in [2.45, 2.75) is 84.1 Å². The Morgan fingerprint density at radius 2 is 1.49 bits per heavy atom. The van der Waals surface area contributed by atoms with Crippen LogP contribution in [0.5, 0.6) is 0 Å². The summed E-state index contributed by atoms with van der Waals surface area (Å²) in [6, 6.07) is 7.60. The molecule has 2 aliphatic rings. The molecule has 0 aromatic heterocycles. The van der Waals surface area contributed by atoms with Gasteiger partial charge in [-0.15, -0.1) is 0 Å². The molecule has 1 aromatic carbocycles. The average molecular weight is 548 g/mol. The average Bonchev–Trinajstić information content (AvgIpc) is 2.82. The van der Waals surface area contributed by atoms with Crippen LogP contribution in [0.3, 0.4) is 0 Å². The summed E-state index contributed by atoms with van der Waals surface area (Å²) < 4.78 is 27.2. The number of hydrogen-bond acceptors (Lipinski definition) is 11. The summed E-state index contributed by atoms with van der Waals surface area (Å²) in [5, 5.41) is 5.78. The Hall–Kier alpha value is -4.00. The molecule has 0 aliphatic carbocycles. The van der Waals surface area contributed by atoms with Gasteiger partial charge < -0.3 is 29.0 Å². The van der Waals surface area contributed by atoms with E-state index >= 15 is 0 Å². The molecule has 6 atom stereocenters. The van der Waals surface area contributed by atoms with E-state index in [9.17, 15) is 24.0 Å². The summed E-state index contributed by atoms with van der Waals surface area (Å²) in [4.78, 5) is 64.3. The van der Waals surface area contributed by atoms with Crippen LogP contribution in [0, 0.1) is 6.92 Å². The normalized spacial score (nSPS) is 27.5. The molecule has 0 radical (unpaired) electrons. The van der Waals surface area contributed by atoms with Gasteiger partial charge in [0.1, 0.15) is 12.7 Å². The van der Waals surface area contributed by atoms with Crippen molar-refractivity contribution in [1.82, 2.24) is 10.6 Å². The van der Waals surface area contributed by atoms with Crippen LogP contribution in [0.1, 0.15) is 45.2 Å². The van der Waals surface area contributed by atoms with Crippen LogP contribution in [0.25, 0.3) is 0 Å². The summed E-state index contributed by atoms with van der Waals surface area (Å²) in [5.41, 5.74) is 2.12. The maximum Gasteiger partial charge on any atom is 0.303 e. The van der Waals surface area contributed by atoms with Crippen LogP contribution in [-0.4, -0.2) is 79.0 Å². The van der Waals surface area contributed by atoms with Crippen molar-refractivity contribution in [3.8, 4) is 0 Å². The number of ether oxygens (including phenoxy) is 5. The highest BCUT2D eigenvalue weighted by molar-refractivity contribution is 5.99. The van der Waals surface area contributed by atoms with E-state index in [0.29, 0.717) is 6.42 Å². The minimum absolute atomic E-state index is 0.0456. The first-order valence-corrected chi connectivity index (χ1v) is 12.4. The zero-order chi connectivity index (χ0) is 28.7. The van der Waals surface area contributed by atoms with Gasteiger partial charge in [-0.3, -0.25) is 29.3 Å². The largest absolute Gasteiger partial charge is 0.463 e. The van der Waals surface area contributed by atoms with Gasteiger partial charge in [-0.1, -0.05) is 29.8 Å². The van der Waals surface area contributed by atoms with E-state index < -0.39 is 54.5 Å². The molecule has 212 valence electrons. The minimum atomic E-state index is -1.37. The zero-order valence-corrected chi connectivity index (χ0v) is 22.4. The minimum Gasteiger partial charge on any atom is -0.463 e. The highest BCUT2D eigenvalue weighted by Crippen LogP contribution is 2.30. The lowest BCUT2D eigenvalue weighted by Crippen LogP contribution is -2.63. The van der Waals surface area contributed by atoms with E-state index in [2.05, 4.69) is 15.6 Å². The molecule has 1 aromatic rings. The van der Waals surface area contributed by atoms with Gasteiger partial charge in [-0.05, 0) is 18.9 Å². The van der Waals surface area contributed by atoms with E-state index in [1.807, 2.05) is 31.2 Å². The Morgan fingerprint density at radius 3 is 2.08 bits per heavy atom. The lowest BCUT2D eigenvalue weighted by molar-refractivity contribution is -0.251. The Bertz CT molecular complexity index is 1120. The number of carbonyl (C=O) groups excluding carboxylic acids is 5. The van der Waals surface area contributed by atoms with Gasteiger partial charge in [0.15, 0.2) is 24.5 Å². The predicted octanol–water partition coefficient (Wildman–Crippen LogP) is 0.455. The molecule has 13 nitrogen and oxygen atoms in total. The van der Waals surface area contributed by atoms with Gasteiger partial charge in [-0.25, -0.2) is 4.99 Å². The first-order chi connectivity index (χ1) is 18.4. The first kappa shape index (κ1) is 29.6. The second kappa shape index (κ2) is 13.2. The molecule has 3 rings (SSSR count). The molecule has 39 heavy (non-hydrogen) atoms. The Labute approximate surface area is 225 Å². The SMILES string of the molecule is CC(=O)OC[C@H]1O[C@H](/N=C2\NC(=O)C[C@H](Cc3ccc(C)cc3)N2)[C@H](OC(C)=O)[C@@H](OC(C)=O)[C@@H]1OC(C)=O. The number of aliphatic imine (C=N–C) groups is 1. The van der Waals surface area contributed by atoms with Crippen molar-refractivity contribution in [2.24, 2.45) is 4.99 Å². The maximum absolute atomic E-state index is 12.5. The van der Waals surface area contributed by atoms with Crippen LogP contribution < -0.4 is 10.6 Å². The molecule has 0 unspecified atom stereocenters. The number of benzene rings is 1. The number of hydrogen-bond donors (Lipinski definition) is 2. The Kier molecular flexibility index (Phi) is 9.99. The van der Waals surface area contributed by atoms with Gasteiger partial charge in [0.2, 0.25) is 11.9 Å². The summed E-state index contributed by atoms with van der Waals surface area (Å²) >= 11 is 0. The second-order valence-electron chi connectivity index (χ2n) is 9.35. The van der Waals surface area contributed by atoms with Crippen molar-refractivity contribution in [3.05, 3.63) is 35.4 Å². The van der Waals surface area contributed by atoms with Crippen LogP contribution >= 0.6 is 0 Å². The van der Waals surface area contributed by atoms with E-state index in [1.165, 1.54) is 6.92 Å². The second-order valence-corrected chi connectivity index (χ2v) is 9.35. The van der Waals surface area contributed by atoms with Gasteiger partial charge in [0, 0.05) is 40.2 Å². The summed E-state index contributed by atoms with van der Waals surface area (Å²) in [7, 11) is 0. The molecule has 1 amide bonds. The lowest BCUT2D eigenvalue weighted by atomic mass is 9.97. The topological polar surface area (TPSA) is 168 Å². The Balaban J connectivity index is 1.94. The number of nitrogens with one attached hydrogen (secondary N) is 2. The molecule has 2 fully saturated rings. The van der Waals surface area contributed by atoms with Crippen molar-refractivity contribution >= 4 is 35.7 Å². The maximum atomic E-state index is 12.5. The highest BCUT2D eigenvalue weighted by Gasteiger charge is 2.52. The van der Waals surface area contributed by atoms with Gasteiger partial charge in [-0.2, -0.15) is 0 Å². The molecule has 0 saturated carbocycles. The molecular formula is C26H33N3O10. The molecule has 2 heterocycles. The number of carbonyl (C=O) groups is 5. The summed E-state index contributed by atoms with van der Waals surface area (Å²) in [6.07, 6.45) is -5.79. The molecule has 2 N–H and O–H groups in total. The van der Waals surface area contributed by atoms with Crippen molar-refractivity contribution < 1.29 is 47.7 Å². The lowest BCUT2D eigenvalue weighted by Gasteiger charge is -2.43. The zero-order valence-electron chi connectivity index (χ0n) is 22.4. The van der Waals surface area contributed by atoms with Gasteiger partial charge in [0.05, 0.1) is 0 Å². The number of amides is 1. The van der Waals surface area contributed by atoms with Crippen LogP contribution in [0.15, 0.2) is 29.3 Å². The van der Waals surface area contributed by atoms with E-state index in [4.69, 9.17) is 23.7 Å². The molecule has 2 aliphatic heterocycles. The van der Waals surface area contributed by atoms with Crippen molar-refractivity contribution in [1.29, 1.82) is 0 Å². The standard InChI is InChI=1S/C26H33N3O10/c1-13-6-8-18(9-7-13)10-19-11-21(34)28-26(27-19)29-25-24(38-17(5)33)23(37-16(4)32)22(36-15(3)31)20(39-25)12-35-14(2)30/h6-9,19-20,22-25H,10-12H2,1-5H3,(H2,27,28,29,34)/t19-,20+,22+,23-,24+,25-/m0/s1. The van der Waals surface area contributed by atoms with Crippen LogP contribution in [-0.2, 0) is 54.1 Å². The monoisotopic (exact) mass is 547 g/mol. The third-order valence-electron chi connectivity index (χ3n) is 5.86. The smallest absolute Gasteiger partial charge is 0.303 e. The Morgan fingerprint density at radius 1 is 0.897 bits per heavy atom. The first-order valence-electron chi connectivity index (χ1n) is 12.4. The molecule has 0 bridgehead atoms. The number of aryl methyl sites for hydroxylation is 1. The molecule has 13 heteroatoms. The fraction of sp³-hybridized carbons (Fsp3) is 0.538. The van der Waals surface area contributed by atoms with Crippen molar-refractivity contribution in [2.75, 3.05) is 6.61 Å².